The van der Waals surface area contributed by atoms with Gasteiger partial charge in [-0.3, -0.25) is 9.59 Å². The summed E-state index contributed by atoms with van der Waals surface area (Å²) in [6.07, 6.45) is 2.38. The summed E-state index contributed by atoms with van der Waals surface area (Å²) in [6, 6.07) is 19.3. The maximum atomic E-state index is 12.9. The fraction of sp³-hybridized carbons (Fsp3) is 0.217. The van der Waals surface area contributed by atoms with Gasteiger partial charge in [0, 0.05) is 42.5 Å². The molecule has 1 aliphatic rings. The Labute approximate surface area is 164 Å². The first kappa shape index (κ1) is 19.2. The van der Waals surface area contributed by atoms with Crippen molar-refractivity contribution >= 4 is 29.4 Å². The summed E-state index contributed by atoms with van der Waals surface area (Å²) in [6.45, 7) is 1.59. The van der Waals surface area contributed by atoms with Crippen molar-refractivity contribution in [3.05, 3.63) is 87.3 Å². The van der Waals surface area contributed by atoms with E-state index in [1.165, 1.54) is 0 Å². The second kappa shape index (κ2) is 8.40. The smallest absolute Gasteiger partial charge is 0.163 e. The van der Waals surface area contributed by atoms with Crippen LogP contribution in [0, 0.1) is 5.92 Å². The van der Waals surface area contributed by atoms with Crippen LogP contribution in [0.3, 0.4) is 0 Å². The quantitative estimate of drug-likeness (QED) is 0.662. The zero-order valence-corrected chi connectivity index (χ0v) is 16.6. The molecular formula is C23H23NO2S. The zero-order chi connectivity index (χ0) is 19.4. The number of allylic oxidation sites excluding steroid dienone is 2. The van der Waals surface area contributed by atoms with Gasteiger partial charge in [0.25, 0.3) is 0 Å². The highest BCUT2D eigenvalue weighted by Crippen LogP contribution is 2.49. The molecule has 0 N–H and O–H groups in total. The Hall–Kier alpha value is -2.59. The van der Waals surface area contributed by atoms with E-state index in [1.807, 2.05) is 79.7 Å². The Morgan fingerprint density at radius 2 is 1.59 bits per heavy atom. The summed E-state index contributed by atoms with van der Waals surface area (Å²) >= 11 is 1.59. The Bertz CT molecular complexity index is 898. The minimum atomic E-state index is -0.210. The largest absolute Gasteiger partial charge is 0.372 e. The van der Waals surface area contributed by atoms with Crippen LogP contribution in [0.15, 0.2) is 76.2 Å². The molecular weight excluding hydrogens is 354 g/mol. The molecule has 0 saturated heterocycles. The van der Waals surface area contributed by atoms with Crippen molar-refractivity contribution < 1.29 is 9.59 Å². The fourth-order valence-corrected chi connectivity index (χ4v) is 4.57. The van der Waals surface area contributed by atoms with Gasteiger partial charge in [-0.2, -0.15) is 0 Å². The number of benzene rings is 2. The average Bonchev–Trinajstić information content (AvgIpc) is 3.02. The van der Waals surface area contributed by atoms with Gasteiger partial charge < -0.3 is 4.90 Å². The van der Waals surface area contributed by atoms with Gasteiger partial charge in [-0.1, -0.05) is 72.4 Å². The number of Topliss-reactive ketones (excluding diaryl/α,β-unsaturated/α-hetero) is 2. The van der Waals surface area contributed by atoms with Crippen molar-refractivity contribution in [1.29, 1.82) is 0 Å². The number of thioether (sulfide) groups is 1. The number of rotatable bonds is 6. The van der Waals surface area contributed by atoms with Crippen molar-refractivity contribution in [2.24, 2.45) is 5.92 Å². The molecule has 138 valence electrons. The summed E-state index contributed by atoms with van der Waals surface area (Å²) in [5.41, 5.74) is 2.49. The monoisotopic (exact) mass is 377 g/mol. The van der Waals surface area contributed by atoms with Gasteiger partial charge in [-0.05, 0) is 18.6 Å². The summed E-state index contributed by atoms with van der Waals surface area (Å²) in [5, 5.41) is 0.926. The molecule has 3 nitrogen and oxygen atoms in total. The van der Waals surface area contributed by atoms with E-state index < -0.39 is 0 Å². The van der Waals surface area contributed by atoms with Crippen LogP contribution in [-0.2, 0) is 4.79 Å². The molecule has 0 fully saturated rings. The van der Waals surface area contributed by atoms with E-state index in [4.69, 9.17) is 0 Å². The molecule has 0 amide bonds. The van der Waals surface area contributed by atoms with E-state index in [2.05, 4.69) is 6.08 Å². The number of hydrogen-bond acceptors (Lipinski definition) is 4. The van der Waals surface area contributed by atoms with Crippen LogP contribution >= 0.6 is 11.8 Å². The maximum Gasteiger partial charge on any atom is 0.163 e. The standard InChI is InChI=1S/C23H23NO2S/c1-16(25)22-19(15-20(26)18-12-8-5-9-13-18)21(27-23(22)24(2)3)14-17-10-6-4-7-11-17/h4-14,19H,15H2,1-3H3/b21-14-. The summed E-state index contributed by atoms with van der Waals surface area (Å²) in [5.74, 6) is -0.134. The lowest BCUT2D eigenvalue weighted by Crippen LogP contribution is -2.17. The van der Waals surface area contributed by atoms with E-state index in [9.17, 15) is 9.59 Å². The Kier molecular flexibility index (Phi) is 5.97. The number of ketones is 2. The van der Waals surface area contributed by atoms with Gasteiger partial charge in [0.15, 0.2) is 11.6 Å². The molecule has 0 aromatic heterocycles. The first-order chi connectivity index (χ1) is 13.0. The van der Waals surface area contributed by atoms with Gasteiger partial charge >= 0.3 is 0 Å². The second-order valence-electron chi connectivity index (χ2n) is 6.77. The molecule has 0 radical (unpaired) electrons. The molecule has 0 aliphatic carbocycles. The summed E-state index contributed by atoms with van der Waals surface area (Å²) < 4.78 is 0. The SMILES string of the molecule is CC(=O)C1=C(N(C)C)S/C(=C\c2ccccc2)C1CC(=O)c1ccccc1. The molecule has 2 aromatic rings. The Balaban J connectivity index is 2.00. The zero-order valence-electron chi connectivity index (χ0n) is 15.8. The minimum Gasteiger partial charge on any atom is -0.372 e. The van der Waals surface area contributed by atoms with Gasteiger partial charge in [0.05, 0.1) is 5.03 Å². The predicted molar refractivity (Wildman–Crippen MR) is 112 cm³/mol. The highest BCUT2D eigenvalue weighted by molar-refractivity contribution is 8.07. The van der Waals surface area contributed by atoms with E-state index >= 15 is 0 Å². The average molecular weight is 378 g/mol. The fourth-order valence-electron chi connectivity index (χ4n) is 3.23. The molecule has 0 spiro atoms. The van der Waals surface area contributed by atoms with Crippen LogP contribution in [0.1, 0.15) is 29.3 Å². The van der Waals surface area contributed by atoms with Crippen molar-refractivity contribution in [3.8, 4) is 0 Å². The van der Waals surface area contributed by atoms with Crippen molar-refractivity contribution in [2.45, 2.75) is 13.3 Å². The number of nitrogens with zero attached hydrogens (tertiary/aromatic N) is 1. The van der Waals surface area contributed by atoms with E-state index in [1.54, 1.807) is 18.7 Å². The van der Waals surface area contributed by atoms with Gasteiger partial charge in [0.1, 0.15) is 0 Å². The Morgan fingerprint density at radius 1 is 1.00 bits per heavy atom. The van der Waals surface area contributed by atoms with E-state index in [0.29, 0.717) is 12.0 Å². The molecule has 1 heterocycles. The van der Waals surface area contributed by atoms with Crippen molar-refractivity contribution in [1.82, 2.24) is 4.90 Å². The topological polar surface area (TPSA) is 37.4 Å². The third-order valence-corrected chi connectivity index (χ3v) is 5.93. The number of carbonyl (C=O) groups excluding carboxylic acids is 2. The first-order valence-electron chi connectivity index (χ1n) is 8.92. The highest BCUT2D eigenvalue weighted by Gasteiger charge is 2.36. The van der Waals surface area contributed by atoms with Crippen molar-refractivity contribution in [3.63, 3.8) is 0 Å². The normalized spacial score (nSPS) is 18.0. The van der Waals surface area contributed by atoms with Crippen LogP contribution in [0.5, 0.6) is 0 Å². The molecule has 27 heavy (non-hydrogen) atoms. The number of hydrogen-bond donors (Lipinski definition) is 0. The van der Waals surface area contributed by atoms with E-state index in [-0.39, 0.29) is 17.5 Å². The third kappa shape index (κ3) is 4.40. The first-order valence-corrected chi connectivity index (χ1v) is 9.74. The van der Waals surface area contributed by atoms with Gasteiger partial charge in [0.2, 0.25) is 0 Å². The molecule has 3 rings (SSSR count). The Morgan fingerprint density at radius 3 is 2.15 bits per heavy atom. The van der Waals surface area contributed by atoms with E-state index in [0.717, 1.165) is 21.1 Å². The maximum absolute atomic E-state index is 12.9. The molecule has 0 saturated carbocycles. The summed E-state index contributed by atoms with van der Waals surface area (Å²) in [7, 11) is 3.87. The lowest BCUT2D eigenvalue weighted by Gasteiger charge is -2.16. The molecule has 0 bridgehead atoms. The molecule has 4 heteroatoms. The second-order valence-corrected chi connectivity index (χ2v) is 7.84. The van der Waals surface area contributed by atoms with Crippen LogP contribution in [0.4, 0.5) is 0 Å². The van der Waals surface area contributed by atoms with Crippen LogP contribution in [0.2, 0.25) is 0 Å². The highest BCUT2D eigenvalue weighted by atomic mass is 32.2. The van der Waals surface area contributed by atoms with Gasteiger partial charge in [-0.15, -0.1) is 0 Å². The number of carbonyl (C=O) groups is 2. The summed E-state index contributed by atoms with van der Waals surface area (Å²) in [4.78, 5) is 28.3. The minimum absolute atomic E-state index is 0.0218. The molecule has 2 aromatic carbocycles. The molecule has 1 atom stereocenters. The lowest BCUT2D eigenvalue weighted by atomic mass is 9.88. The van der Waals surface area contributed by atoms with Crippen molar-refractivity contribution in [2.75, 3.05) is 14.1 Å². The van der Waals surface area contributed by atoms with Crippen LogP contribution < -0.4 is 0 Å². The lowest BCUT2D eigenvalue weighted by molar-refractivity contribution is -0.114. The molecule has 1 aliphatic heterocycles. The van der Waals surface area contributed by atoms with Crippen LogP contribution in [0.25, 0.3) is 6.08 Å². The third-order valence-electron chi connectivity index (χ3n) is 4.52. The predicted octanol–water partition coefficient (Wildman–Crippen LogP) is 5.03. The molecule has 1 unspecified atom stereocenters. The van der Waals surface area contributed by atoms with Crippen LogP contribution in [-0.4, -0.2) is 30.6 Å². The van der Waals surface area contributed by atoms with Gasteiger partial charge in [-0.25, -0.2) is 0 Å².